The first-order valence-corrected chi connectivity index (χ1v) is 12.5. The molecule has 1 aromatic heterocycles. The standard InChI is InChI=1S/C28H29N3O2S/c1-20-26(34-27(29-20)18-22-10-7-9-21-8-3-4-11-23(21)22)19-28(32)31-16-14-30(15-17-31)24-12-5-6-13-25(24)33-2/h3-13H,14-19H2,1-2H3. The van der Waals surface area contributed by atoms with Crippen LogP contribution in [0.25, 0.3) is 10.8 Å². The lowest BCUT2D eigenvalue weighted by atomic mass is 10.0. The Bertz CT molecular complexity index is 1300. The molecular weight excluding hydrogens is 442 g/mol. The highest BCUT2D eigenvalue weighted by Crippen LogP contribution is 2.29. The molecule has 5 nitrogen and oxygen atoms in total. The van der Waals surface area contributed by atoms with Crippen molar-refractivity contribution in [1.82, 2.24) is 9.88 Å². The van der Waals surface area contributed by atoms with Crippen LogP contribution in [0.4, 0.5) is 5.69 Å². The summed E-state index contributed by atoms with van der Waals surface area (Å²) in [4.78, 5) is 23.2. The molecule has 0 radical (unpaired) electrons. The van der Waals surface area contributed by atoms with E-state index < -0.39 is 0 Å². The van der Waals surface area contributed by atoms with Crippen LogP contribution in [-0.4, -0.2) is 49.1 Å². The van der Waals surface area contributed by atoms with E-state index in [0.717, 1.165) is 59.6 Å². The zero-order chi connectivity index (χ0) is 23.5. The summed E-state index contributed by atoms with van der Waals surface area (Å²) in [7, 11) is 1.70. The molecule has 1 fully saturated rings. The number of nitrogens with zero attached hydrogens (tertiary/aromatic N) is 3. The van der Waals surface area contributed by atoms with Gasteiger partial charge in [-0.1, -0.05) is 54.6 Å². The first-order chi connectivity index (χ1) is 16.6. The summed E-state index contributed by atoms with van der Waals surface area (Å²) in [6.07, 6.45) is 1.21. The number of hydrogen-bond donors (Lipinski definition) is 0. The summed E-state index contributed by atoms with van der Waals surface area (Å²) in [5.41, 5.74) is 3.34. The molecule has 2 heterocycles. The fraction of sp³-hybridized carbons (Fsp3) is 0.286. The van der Waals surface area contributed by atoms with E-state index in [9.17, 15) is 4.79 Å². The average Bonchev–Trinajstić information content (AvgIpc) is 3.22. The lowest BCUT2D eigenvalue weighted by Gasteiger charge is -2.36. The number of aromatic nitrogens is 1. The normalized spacial score (nSPS) is 13.9. The van der Waals surface area contributed by atoms with Crippen molar-refractivity contribution in [2.24, 2.45) is 0 Å². The minimum atomic E-state index is 0.183. The number of thiazole rings is 1. The van der Waals surface area contributed by atoms with Gasteiger partial charge in [0, 0.05) is 37.5 Å². The number of anilines is 1. The Morgan fingerprint density at radius 3 is 2.53 bits per heavy atom. The van der Waals surface area contributed by atoms with Gasteiger partial charge in [-0.05, 0) is 35.4 Å². The number of benzene rings is 3. The van der Waals surface area contributed by atoms with Gasteiger partial charge in [0.25, 0.3) is 0 Å². The van der Waals surface area contributed by atoms with Gasteiger partial charge in [0.2, 0.25) is 5.91 Å². The maximum atomic E-state index is 13.1. The minimum absolute atomic E-state index is 0.183. The topological polar surface area (TPSA) is 45.7 Å². The first-order valence-electron chi connectivity index (χ1n) is 11.7. The molecule has 0 unspecified atom stereocenters. The summed E-state index contributed by atoms with van der Waals surface area (Å²) in [5.74, 6) is 1.06. The van der Waals surface area contributed by atoms with Crippen molar-refractivity contribution >= 4 is 33.7 Å². The van der Waals surface area contributed by atoms with Crippen LogP contribution in [0.15, 0.2) is 66.7 Å². The van der Waals surface area contributed by atoms with Crippen LogP contribution in [-0.2, 0) is 17.6 Å². The molecular formula is C28H29N3O2S. The van der Waals surface area contributed by atoms with Crippen LogP contribution in [0.5, 0.6) is 5.75 Å². The number of aryl methyl sites for hydroxylation is 1. The Balaban J connectivity index is 1.23. The highest BCUT2D eigenvalue weighted by atomic mass is 32.1. The lowest BCUT2D eigenvalue weighted by molar-refractivity contribution is -0.130. The first kappa shape index (κ1) is 22.4. The number of hydrogen-bond acceptors (Lipinski definition) is 5. The Hall–Kier alpha value is -3.38. The fourth-order valence-corrected chi connectivity index (χ4v) is 5.76. The van der Waals surface area contributed by atoms with Crippen LogP contribution in [0.3, 0.4) is 0 Å². The second kappa shape index (κ2) is 9.85. The smallest absolute Gasteiger partial charge is 0.228 e. The molecule has 0 atom stereocenters. The predicted octanol–water partition coefficient (Wildman–Crippen LogP) is 5.10. The van der Waals surface area contributed by atoms with Gasteiger partial charge in [-0.15, -0.1) is 11.3 Å². The van der Waals surface area contributed by atoms with E-state index in [2.05, 4.69) is 53.4 Å². The van der Waals surface area contributed by atoms with Gasteiger partial charge in [-0.3, -0.25) is 4.79 Å². The van der Waals surface area contributed by atoms with Crippen molar-refractivity contribution in [2.75, 3.05) is 38.2 Å². The maximum absolute atomic E-state index is 13.1. The fourth-order valence-electron chi connectivity index (χ4n) is 4.67. The van der Waals surface area contributed by atoms with Gasteiger partial charge in [0.1, 0.15) is 5.75 Å². The van der Waals surface area contributed by atoms with Gasteiger partial charge in [0.15, 0.2) is 0 Å². The van der Waals surface area contributed by atoms with Crippen molar-refractivity contribution in [3.05, 3.63) is 87.9 Å². The zero-order valence-corrected chi connectivity index (χ0v) is 20.5. The molecule has 1 aliphatic heterocycles. The number of ether oxygens (including phenoxy) is 1. The van der Waals surface area contributed by atoms with Gasteiger partial charge in [-0.25, -0.2) is 4.98 Å². The number of piperazine rings is 1. The van der Waals surface area contributed by atoms with Crippen molar-refractivity contribution in [3.63, 3.8) is 0 Å². The third kappa shape index (κ3) is 4.64. The van der Waals surface area contributed by atoms with Crippen LogP contribution in [0.1, 0.15) is 21.1 Å². The average molecular weight is 472 g/mol. The number of fused-ring (bicyclic) bond motifs is 1. The van der Waals surface area contributed by atoms with Gasteiger partial charge >= 0.3 is 0 Å². The predicted molar refractivity (Wildman–Crippen MR) is 139 cm³/mol. The number of carbonyl (C=O) groups is 1. The second-order valence-corrected chi connectivity index (χ2v) is 9.82. The maximum Gasteiger partial charge on any atom is 0.228 e. The minimum Gasteiger partial charge on any atom is -0.495 e. The lowest BCUT2D eigenvalue weighted by Crippen LogP contribution is -2.49. The number of rotatable bonds is 6. The quantitative estimate of drug-likeness (QED) is 0.393. The third-order valence-corrected chi connectivity index (χ3v) is 7.69. The van der Waals surface area contributed by atoms with Crippen LogP contribution >= 0.6 is 11.3 Å². The van der Waals surface area contributed by atoms with Crippen LogP contribution < -0.4 is 9.64 Å². The summed E-state index contributed by atoms with van der Waals surface area (Å²) < 4.78 is 5.51. The molecule has 0 N–H and O–H groups in total. The van der Waals surface area contributed by atoms with Crippen LogP contribution in [0.2, 0.25) is 0 Å². The third-order valence-electron chi connectivity index (χ3n) is 6.53. The van der Waals surface area contributed by atoms with Crippen LogP contribution in [0, 0.1) is 6.92 Å². The number of amides is 1. The van der Waals surface area contributed by atoms with E-state index >= 15 is 0 Å². The molecule has 3 aromatic carbocycles. The Labute approximate surface area is 204 Å². The van der Waals surface area contributed by atoms with Crippen molar-refractivity contribution in [2.45, 2.75) is 19.8 Å². The largest absolute Gasteiger partial charge is 0.495 e. The highest BCUT2D eigenvalue weighted by Gasteiger charge is 2.24. The second-order valence-electron chi connectivity index (χ2n) is 8.65. The Kier molecular flexibility index (Phi) is 6.50. The van der Waals surface area contributed by atoms with Crippen molar-refractivity contribution < 1.29 is 9.53 Å². The number of carbonyl (C=O) groups excluding carboxylic acids is 1. The summed E-state index contributed by atoms with van der Waals surface area (Å²) >= 11 is 1.67. The van der Waals surface area contributed by atoms with E-state index in [-0.39, 0.29) is 5.91 Å². The van der Waals surface area contributed by atoms with Gasteiger partial charge < -0.3 is 14.5 Å². The van der Waals surface area contributed by atoms with Crippen molar-refractivity contribution in [1.29, 1.82) is 0 Å². The van der Waals surface area contributed by atoms with E-state index in [1.165, 1.54) is 16.3 Å². The molecule has 34 heavy (non-hydrogen) atoms. The molecule has 5 rings (SSSR count). The molecule has 1 aliphatic rings. The molecule has 1 saturated heterocycles. The van der Waals surface area contributed by atoms with E-state index in [1.54, 1.807) is 18.4 Å². The zero-order valence-electron chi connectivity index (χ0n) is 19.7. The number of methoxy groups -OCH3 is 1. The molecule has 1 amide bonds. The highest BCUT2D eigenvalue weighted by molar-refractivity contribution is 7.11. The van der Waals surface area contributed by atoms with E-state index in [1.807, 2.05) is 30.0 Å². The summed E-state index contributed by atoms with van der Waals surface area (Å²) in [6.45, 7) is 5.07. The molecule has 0 saturated carbocycles. The van der Waals surface area contributed by atoms with Gasteiger partial charge in [0.05, 0.1) is 29.9 Å². The number of para-hydroxylation sites is 2. The summed E-state index contributed by atoms with van der Waals surface area (Å²) in [5, 5.41) is 3.58. The van der Waals surface area contributed by atoms with Crippen molar-refractivity contribution in [3.8, 4) is 5.75 Å². The molecule has 0 aliphatic carbocycles. The molecule has 4 aromatic rings. The Morgan fingerprint density at radius 1 is 0.971 bits per heavy atom. The molecule has 174 valence electrons. The Morgan fingerprint density at radius 2 is 1.71 bits per heavy atom. The monoisotopic (exact) mass is 471 g/mol. The summed E-state index contributed by atoms with van der Waals surface area (Å²) in [6, 6.07) is 22.9. The van der Waals surface area contributed by atoms with E-state index in [4.69, 9.17) is 9.72 Å². The molecule has 0 bridgehead atoms. The van der Waals surface area contributed by atoms with Gasteiger partial charge in [-0.2, -0.15) is 0 Å². The molecule has 6 heteroatoms. The van der Waals surface area contributed by atoms with E-state index in [0.29, 0.717) is 6.42 Å². The SMILES string of the molecule is COc1ccccc1N1CCN(C(=O)Cc2sc(Cc3cccc4ccccc34)nc2C)CC1. The molecule has 0 spiro atoms.